The van der Waals surface area contributed by atoms with E-state index in [1.807, 2.05) is 72.8 Å². The number of para-hydroxylation sites is 2. The third-order valence-electron chi connectivity index (χ3n) is 7.39. The molecule has 6 aromatic carbocycles. The van der Waals surface area contributed by atoms with Crippen LogP contribution in [0.25, 0.3) is 32.7 Å². The Morgan fingerprint density at radius 1 is 0.457 bits per heavy atom. The highest BCUT2D eigenvalue weighted by atomic mass is 32.1. The quantitative estimate of drug-likeness (QED) is 0.0831. The first kappa shape index (κ1) is 30.8. The molecule has 0 aliphatic rings. The lowest BCUT2D eigenvalue weighted by Gasteiger charge is -2.20. The molecule has 0 fully saturated rings. The van der Waals surface area contributed by atoms with Crippen molar-refractivity contribution in [2.45, 2.75) is 0 Å². The molecule has 0 aliphatic carbocycles. The summed E-state index contributed by atoms with van der Waals surface area (Å²) in [6.07, 6.45) is 0. The zero-order valence-electron chi connectivity index (χ0n) is 25.2. The van der Waals surface area contributed by atoms with Gasteiger partial charge in [0.05, 0.1) is 13.1 Å². The number of benzene rings is 6. The topological polar surface area (TPSA) is 66.6 Å². The molecular formula is C38H34N4O2S2. The van der Waals surface area contributed by atoms with Crippen LogP contribution in [-0.4, -0.2) is 36.5 Å². The van der Waals surface area contributed by atoms with E-state index < -0.39 is 0 Å². The molecule has 0 unspecified atom stereocenters. The lowest BCUT2D eigenvalue weighted by Crippen LogP contribution is -2.32. The van der Waals surface area contributed by atoms with Crippen LogP contribution in [0.4, 0.5) is 11.4 Å². The van der Waals surface area contributed by atoms with Gasteiger partial charge < -0.3 is 30.7 Å². The van der Waals surface area contributed by atoms with Crippen LogP contribution in [0, 0.1) is 0 Å². The van der Waals surface area contributed by atoms with Gasteiger partial charge in [-0.3, -0.25) is 0 Å². The Balaban J connectivity index is 1.23. The summed E-state index contributed by atoms with van der Waals surface area (Å²) in [6, 6.07) is 44.7. The molecule has 6 aromatic rings. The summed E-state index contributed by atoms with van der Waals surface area (Å²) in [6.45, 7) is 1.90. The Morgan fingerprint density at radius 2 is 0.848 bits per heavy atom. The Labute approximate surface area is 279 Å². The minimum atomic E-state index is 0.415. The van der Waals surface area contributed by atoms with Crippen molar-refractivity contribution in [2.75, 3.05) is 36.9 Å². The van der Waals surface area contributed by atoms with Gasteiger partial charge in [0, 0.05) is 22.5 Å². The van der Waals surface area contributed by atoms with Gasteiger partial charge in [0.15, 0.2) is 10.2 Å². The van der Waals surface area contributed by atoms with Gasteiger partial charge in [-0.05, 0) is 82.4 Å². The van der Waals surface area contributed by atoms with Gasteiger partial charge >= 0.3 is 0 Å². The third-order valence-corrected chi connectivity index (χ3v) is 7.88. The van der Waals surface area contributed by atoms with Crippen molar-refractivity contribution in [1.29, 1.82) is 0 Å². The van der Waals surface area contributed by atoms with Crippen molar-refractivity contribution in [2.24, 2.45) is 0 Å². The largest absolute Gasteiger partial charge is 0.491 e. The normalized spacial score (nSPS) is 10.7. The van der Waals surface area contributed by atoms with Crippen LogP contribution in [0.1, 0.15) is 0 Å². The van der Waals surface area contributed by atoms with E-state index in [1.54, 1.807) is 0 Å². The Hall–Kier alpha value is -5.18. The molecule has 6 nitrogen and oxygen atoms in total. The summed E-state index contributed by atoms with van der Waals surface area (Å²) >= 11 is 11.0. The summed E-state index contributed by atoms with van der Waals surface area (Å²) in [5.41, 5.74) is 3.85. The second-order valence-corrected chi connectivity index (χ2v) is 11.3. The van der Waals surface area contributed by atoms with Gasteiger partial charge in [0.2, 0.25) is 0 Å². The van der Waals surface area contributed by atoms with E-state index in [1.165, 1.54) is 0 Å². The molecular weight excluding hydrogens is 609 g/mol. The van der Waals surface area contributed by atoms with Gasteiger partial charge in [-0.2, -0.15) is 0 Å². The first-order valence-electron chi connectivity index (χ1n) is 15.1. The molecule has 4 N–H and O–H groups in total. The monoisotopic (exact) mass is 642 g/mol. The van der Waals surface area contributed by atoms with E-state index in [4.69, 9.17) is 33.9 Å². The molecule has 0 aromatic heterocycles. The molecule has 0 spiro atoms. The maximum Gasteiger partial charge on any atom is 0.170 e. The van der Waals surface area contributed by atoms with Crippen molar-refractivity contribution in [3.8, 4) is 22.6 Å². The van der Waals surface area contributed by atoms with E-state index >= 15 is 0 Å². The van der Waals surface area contributed by atoms with E-state index in [2.05, 4.69) is 81.9 Å². The number of hydrogen-bond acceptors (Lipinski definition) is 4. The molecule has 0 amide bonds. The van der Waals surface area contributed by atoms with Gasteiger partial charge in [-0.15, -0.1) is 0 Å². The Morgan fingerprint density at radius 3 is 1.28 bits per heavy atom. The Kier molecular flexibility index (Phi) is 10.2. The molecule has 230 valence electrons. The van der Waals surface area contributed by atoms with Crippen molar-refractivity contribution >= 4 is 67.6 Å². The molecule has 46 heavy (non-hydrogen) atoms. The molecule has 0 saturated carbocycles. The lowest BCUT2D eigenvalue weighted by molar-refractivity contribution is 0.320. The van der Waals surface area contributed by atoms with E-state index in [0.29, 0.717) is 36.5 Å². The number of hydrogen-bond donors (Lipinski definition) is 4. The predicted octanol–water partition coefficient (Wildman–Crippen LogP) is 8.39. The minimum Gasteiger partial charge on any atom is -0.491 e. The van der Waals surface area contributed by atoms with Gasteiger partial charge in [-0.25, -0.2) is 0 Å². The number of thiocarbonyl (C=S) groups is 2. The standard InChI is InChI=1S/C38H34N4O2S2/c45-37(41-29-13-3-1-4-14-29)39-23-25-43-33-21-19-27-11-7-9-17-31(27)35(33)36-32-18-10-8-12-28(32)20-22-34(36)44-26-24-40-38(46)42-30-15-5-2-6-16-30/h1-22H,23-26H2,(H2,39,41,45)(H2,40,42,46). The van der Waals surface area contributed by atoms with Crippen LogP contribution >= 0.6 is 24.4 Å². The first-order chi connectivity index (χ1) is 22.7. The van der Waals surface area contributed by atoms with Gasteiger partial charge in [0.1, 0.15) is 24.7 Å². The van der Waals surface area contributed by atoms with Crippen molar-refractivity contribution < 1.29 is 9.47 Å². The fourth-order valence-corrected chi connectivity index (χ4v) is 5.74. The molecule has 0 bridgehead atoms. The number of ether oxygens (including phenoxy) is 2. The van der Waals surface area contributed by atoms with Crippen LogP contribution in [0.3, 0.4) is 0 Å². The van der Waals surface area contributed by atoms with E-state index in [0.717, 1.165) is 55.5 Å². The molecule has 8 heteroatoms. The van der Waals surface area contributed by atoms with Crippen LogP contribution in [0.2, 0.25) is 0 Å². The molecule has 0 heterocycles. The molecule has 0 saturated heterocycles. The summed E-state index contributed by atoms with van der Waals surface area (Å²) < 4.78 is 12.9. The second kappa shape index (κ2) is 15.2. The van der Waals surface area contributed by atoms with Crippen LogP contribution in [0.5, 0.6) is 11.5 Å². The lowest BCUT2D eigenvalue weighted by atomic mass is 9.92. The van der Waals surface area contributed by atoms with Gasteiger partial charge in [-0.1, -0.05) is 97.1 Å². The van der Waals surface area contributed by atoms with Crippen LogP contribution < -0.4 is 30.7 Å². The maximum absolute atomic E-state index is 6.47. The number of anilines is 2. The van der Waals surface area contributed by atoms with E-state index in [-0.39, 0.29) is 0 Å². The van der Waals surface area contributed by atoms with Crippen molar-refractivity contribution in [3.05, 3.63) is 133 Å². The zero-order chi connectivity index (χ0) is 31.6. The van der Waals surface area contributed by atoms with Crippen LogP contribution in [-0.2, 0) is 0 Å². The summed E-state index contributed by atoms with van der Waals surface area (Å²) in [4.78, 5) is 0. The maximum atomic E-state index is 6.47. The summed E-state index contributed by atoms with van der Waals surface area (Å²) in [5.74, 6) is 1.55. The van der Waals surface area contributed by atoms with E-state index in [9.17, 15) is 0 Å². The Bertz CT molecular complexity index is 1810. The van der Waals surface area contributed by atoms with Crippen molar-refractivity contribution in [3.63, 3.8) is 0 Å². The highest BCUT2D eigenvalue weighted by Crippen LogP contribution is 2.45. The molecule has 0 atom stereocenters. The van der Waals surface area contributed by atoms with Gasteiger partial charge in [0.25, 0.3) is 0 Å². The average molecular weight is 643 g/mol. The molecule has 6 rings (SSSR count). The fourth-order valence-electron chi connectivity index (χ4n) is 5.30. The molecule has 0 radical (unpaired) electrons. The number of rotatable bonds is 11. The van der Waals surface area contributed by atoms with Crippen molar-refractivity contribution in [1.82, 2.24) is 10.6 Å². The highest BCUT2D eigenvalue weighted by Gasteiger charge is 2.19. The minimum absolute atomic E-state index is 0.415. The number of nitrogens with one attached hydrogen (secondary N) is 4. The summed E-state index contributed by atoms with van der Waals surface area (Å²) in [5, 5.41) is 18.4. The third kappa shape index (κ3) is 7.72. The van der Waals surface area contributed by atoms with Crippen LogP contribution in [0.15, 0.2) is 133 Å². The average Bonchev–Trinajstić information content (AvgIpc) is 3.09. The molecule has 0 aliphatic heterocycles. The smallest absolute Gasteiger partial charge is 0.170 e. The summed E-state index contributed by atoms with van der Waals surface area (Å²) in [7, 11) is 0. The SMILES string of the molecule is S=C(NCCOc1ccc2ccccc2c1-c1c(OCCNC(=S)Nc2ccccc2)ccc2ccccc12)Nc1ccccc1. The number of fused-ring (bicyclic) bond motifs is 2. The zero-order valence-corrected chi connectivity index (χ0v) is 26.8. The highest BCUT2D eigenvalue weighted by molar-refractivity contribution is 7.80. The predicted molar refractivity (Wildman–Crippen MR) is 199 cm³/mol. The second-order valence-electron chi connectivity index (χ2n) is 10.5. The first-order valence-corrected chi connectivity index (χ1v) is 16.0. The fraction of sp³-hybridized carbons (Fsp3) is 0.105.